The van der Waals surface area contributed by atoms with E-state index in [9.17, 15) is 10.1 Å². The first kappa shape index (κ1) is 20.0. The summed E-state index contributed by atoms with van der Waals surface area (Å²) in [6.45, 7) is 2.13. The van der Waals surface area contributed by atoms with Crippen molar-refractivity contribution in [2.75, 3.05) is 5.43 Å². The van der Waals surface area contributed by atoms with E-state index in [0.717, 1.165) is 28.9 Å². The number of benzene rings is 3. The van der Waals surface area contributed by atoms with Crippen LogP contribution < -0.4 is 5.43 Å². The Balaban J connectivity index is 1.63. The smallest absolute Gasteiger partial charge is 0.269 e. The number of rotatable bonds is 7. The molecule has 0 spiro atoms. The molecule has 0 bridgehead atoms. The highest BCUT2D eigenvalue weighted by atomic mass is 16.6. The summed E-state index contributed by atoms with van der Waals surface area (Å²) in [5.41, 5.74) is 8.51. The average Bonchev–Trinajstić information content (AvgIpc) is 3.24. The Bertz CT molecular complexity index is 1200. The second-order valence-corrected chi connectivity index (χ2v) is 6.94. The van der Waals surface area contributed by atoms with Crippen molar-refractivity contribution < 1.29 is 4.92 Å². The largest absolute Gasteiger partial charge is 0.278 e. The van der Waals surface area contributed by atoms with Gasteiger partial charge in [-0.2, -0.15) is 10.2 Å². The minimum absolute atomic E-state index is 0.0384. The minimum Gasteiger partial charge on any atom is -0.278 e. The zero-order chi connectivity index (χ0) is 21.6. The van der Waals surface area contributed by atoms with Crippen molar-refractivity contribution in [3.05, 3.63) is 106 Å². The Morgan fingerprint density at radius 2 is 1.74 bits per heavy atom. The van der Waals surface area contributed by atoms with Crippen LogP contribution in [-0.2, 0) is 6.42 Å². The fourth-order valence-electron chi connectivity index (χ4n) is 3.15. The molecule has 0 saturated carbocycles. The normalized spacial score (nSPS) is 11.0. The van der Waals surface area contributed by atoms with Gasteiger partial charge in [0.25, 0.3) is 5.69 Å². The van der Waals surface area contributed by atoms with E-state index >= 15 is 0 Å². The molecule has 0 radical (unpaired) electrons. The molecule has 31 heavy (non-hydrogen) atoms. The molecule has 7 nitrogen and oxygen atoms in total. The third kappa shape index (κ3) is 4.67. The number of aryl methyl sites for hydroxylation is 1. The third-order valence-electron chi connectivity index (χ3n) is 4.87. The maximum Gasteiger partial charge on any atom is 0.269 e. The van der Waals surface area contributed by atoms with Crippen molar-refractivity contribution in [1.82, 2.24) is 9.78 Å². The predicted molar refractivity (Wildman–Crippen MR) is 123 cm³/mol. The fraction of sp³-hybridized carbons (Fsp3) is 0.0833. The number of non-ortho nitro benzene ring substituents is 1. The van der Waals surface area contributed by atoms with Crippen LogP contribution in [0.4, 0.5) is 11.4 Å². The Labute approximate surface area is 179 Å². The van der Waals surface area contributed by atoms with Crippen LogP contribution >= 0.6 is 0 Å². The molecule has 1 aromatic heterocycles. The summed E-state index contributed by atoms with van der Waals surface area (Å²) in [6.07, 6.45) is 4.61. The van der Waals surface area contributed by atoms with Gasteiger partial charge in [0.15, 0.2) is 0 Å². The highest BCUT2D eigenvalue weighted by Gasteiger charge is 2.11. The number of hydrogen-bond donors (Lipinski definition) is 1. The molecular weight excluding hydrogens is 390 g/mol. The molecule has 0 aliphatic rings. The lowest BCUT2D eigenvalue weighted by Crippen LogP contribution is -1.94. The predicted octanol–water partition coefficient (Wildman–Crippen LogP) is 5.46. The number of anilines is 1. The Morgan fingerprint density at radius 3 is 2.39 bits per heavy atom. The molecule has 0 aliphatic carbocycles. The van der Waals surface area contributed by atoms with Gasteiger partial charge in [-0.25, -0.2) is 4.68 Å². The van der Waals surface area contributed by atoms with Gasteiger partial charge in [0, 0.05) is 29.5 Å². The van der Waals surface area contributed by atoms with E-state index in [1.807, 2.05) is 41.2 Å². The van der Waals surface area contributed by atoms with Gasteiger partial charge < -0.3 is 0 Å². The van der Waals surface area contributed by atoms with Gasteiger partial charge >= 0.3 is 0 Å². The molecule has 0 unspecified atom stereocenters. The number of para-hydroxylation sites is 1. The lowest BCUT2D eigenvalue weighted by atomic mass is 10.1. The summed E-state index contributed by atoms with van der Waals surface area (Å²) >= 11 is 0. The fourth-order valence-corrected chi connectivity index (χ4v) is 3.15. The summed E-state index contributed by atoms with van der Waals surface area (Å²) in [5, 5.41) is 19.9. The van der Waals surface area contributed by atoms with Gasteiger partial charge in [0.2, 0.25) is 0 Å². The van der Waals surface area contributed by atoms with E-state index < -0.39 is 4.92 Å². The van der Waals surface area contributed by atoms with Crippen LogP contribution in [0.3, 0.4) is 0 Å². The Kier molecular flexibility index (Phi) is 5.84. The number of hydrogen-bond acceptors (Lipinski definition) is 5. The summed E-state index contributed by atoms with van der Waals surface area (Å²) in [5.74, 6) is 0. The molecule has 7 heteroatoms. The number of nitro groups is 1. The molecular formula is C24H21N5O2. The topological polar surface area (TPSA) is 85.3 Å². The molecule has 0 saturated heterocycles. The van der Waals surface area contributed by atoms with Crippen molar-refractivity contribution >= 4 is 17.6 Å². The summed E-state index contributed by atoms with van der Waals surface area (Å²) < 4.78 is 1.83. The zero-order valence-corrected chi connectivity index (χ0v) is 17.0. The third-order valence-corrected chi connectivity index (χ3v) is 4.87. The number of nitrogens with one attached hydrogen (secondary N) is 1. The molecule has 0 atom stereocenters. The van der Waals surface area contributed by atoms with Crippen molar-refractivity contribution in [2.45, 2.75) is 13.3 Å². The van der Waals surface area contributed by atoms with Gasteiger partial charge in [0.05, 0.1) is 22.5 Å². The maximum atomic E-state index is 10.8. The van der Waals surface area contributed by atoms with E-state index in [1.165, 1.54) is 17.7 Å². The molecule has 0 fully saturated rings. The molecule has 3 aromatic carbocycles. The van der Waals surface area contributed by atoms with E-state index in [2.05, 4.69) is 41.7 Å². The Hall–Kier alpha value is -4.26. The second-order valence-electron chi connectivity index (χ2n) is 6.94. The van der Waals surface area contributed by atoms with Crippen LogP contribution in [-0.4, -0.2) is 20.9 Å². The number of hydrazone groups is 1. The van der Waals surface area contributed by atoms with E-state index in [-0.39, 0.29) is 5.69 Å². The zero-order valence-electron chi connectivity index (χ0n) is 17.0. The van der Waals surface area contributed by atoms with Crippen LogP contribution in [0.15, 0.2) is 90.2 Å². The molecule has 4 rings (SSSR count). The van der Waals surface area contributed by atoms with Crippen molar-refractivity contribution in [1.29, 1.82) is 0 Å². The molecule has 0 aliphatic heterocycles. The molecule has 4 aromatic rings. The monoisotopic (exact) mass is 411 g/mol. The van der Waals surface area contributed by atoms with Crippen LogP contribution in [0.2, 0.25) is 0 Å². The van der Waals surface area contributed by atoms with E-state index in [0.29, 0.717) is 5.69 Å². The Morgan fingerprint density at radius 1 is 1.03 bits per heavy atom. The van der Waals surface area contributed by atoms with Crippen LogP contribution in [0, 0.1) is 10.1 Å². The van der Waals surface area contributed by atoms with Crippen molar-refractivity contribution in [2.24, 2.45) is 5.10 Å². The number of nitro benzene ring substituents is 1. The van der Waals surface area contributed by atoms with Gasteiger partial charge in [-0.3, -0.25) is 15.5 Å². The van der Waals surface area contributed by atoms with Crippen LogP contribution in [0.25, 0.3) is 16.9 Å². The second kappa shape index (κ2) is 9.04. The van der Waals surface area contributed by atoms with Gasteiger partial charge in [0.1, 0.15) is 5.69 Å². The van der Waals surface area contributed by atoms with Crippen LogP contribution in [0.5, 0.6) is 0 Å². The highest BCUT2D eigenvalue weighted by Crippen LogP contribution is 2.23. The lowest BCUT2D eigenvalue weighted by Gasteiger charge is -2.02. The van der Waals surface area contributed by atoms with Crippen molar-refractivity contribution in [3.8, 4) is 16.9 Å². The highest BCUT2D eigenvalue weighted by molar-refractivity contribution is 5.89. The molecule has 154 valence electrons. The SMILES string of the molecule is CCc1ccc(-c2nn(-c3ccccc3)cc2/C=N\Nc2ccc([N+](=O)[O-])cc2)cc1. The summed E-state index contributed by atoms with van der Waals surface area (Å²) in [7, 11) is 0. The first-order valence-electron chi connectivity index (χ1n) is 9.92. The average molecular weight is 411 g/mol. The van der Waals surface area contributed by atoms with Gasteiger partial charge in [-0.1, -0.05) is 49.4 Å². The first-order chi connectivity index (χ1) is 15.1. The van der Waals surface area contributed by atoms with Gasteiger partial charge in [-0.15, -0.1) is 0 Å². The van der Waals surface area contributed by atoms with Gasteiger partial charge in [-0.05, 0) is 36.2 Å². The standard InChI is InChI=1S/C24H21N5O2/c1-2-18-8-10-19(11-9-18)24-20(17-28(27-24)22-6-4-3-5-7-22)16-25-26-21-12-14-23(15-13-21)29(30)31/h3-17,26H,2H2,1H3/b25-16-. The maximum absolute atomic E-state index is 10.8. The number of aromatic nitrogens is 2. The van der Waals surface area contributed by atoms with E-state index in [4.69, 9.17) is 5.10 Å². The van der Waals surface area contributed by atoms with Crippen molar-refractivity contribution in [3.63, 3.8) is 0 Å². The van der Waals surface area contributed by atoms with E-state index in [1.54, 1.807) is 18.3 Å². The lowest BCUT2D eigenvalue weighted by molar-refractivity contribution is -0.384. The van der Waals surface area contributed by atoms with Crippen LogP contribution in [0.1, 0.15) is 18.1 Å². The summed E-state index contributed by atoms with van der Waals surface area (Å²) in [6, 6.07) is 24.3. The summed E-state index contributed by atoms with van der Waals surface area (Å²) in [4.78, 5) is 10.4. The first-order valence-corrected chi connectivity index (χ1v) is 9.92. The minimum atomic E-state index is -0.429. The quantitative estimate of drug-likeness (QED) is 0.249. The molecule has 1 heterocycles. The molecule has 1 N–H and O–H groups in total. The molecule has 0 amide bonds. The number of nitrogens with zero attached hydrogens (tertiary/aromatic N) is 4.